The van der Waals surface area contributed by atoms with Gasteiger partial charge in [0.1, 0.15) is 10.7 Å². The minimum Gasteiger partial charge on any atom is -0.368 e. The molecule has 3 heterocycles. The number of amides is 1. The van der Waals surface area contributed by atoms with Gasteiger partial charge >= 0.3 is 0 Å². The Balaban J connectivity index is 1.52. The van der Waals surface area contributed by atoms with Crippen LogP contribution in [0.3, 0.4) is 0 Å². The molecule has 1 aromatic carbocycles. The van der Waals surface area contributed by atoms with Crippen molar-refractivity contribution in [3.8, 4) is 0 Å². The normalized spacial score (nSPS) is 15.2. The van der Waals surface area contributed by atoms with Gasteiger partial charge in [-0.15, -0.1) is 10.2 Å². The zero-order valence-electron chi connectivity index (χ0n) is 15.3. The van der Waals surface area contributed by atoms with E-state index in [2.05, 4.69) is 53.2 Å². The minimum absolute atomic E-state index is 0.111. The van der Waals surface area contributed by atoms with Crippen LogP contribution in [-0.2, 0) is 0 Å². The summed E-state index contributed by atoms with van der Waals surface area (Å²) in [5.41, 5.74) is 2.17. The second-order valence-electron chi connectivity index (χ2n) is 6.96. The van der Waals surface area contributed by atoms with E-state index in [1.54, 1.807) is 0 Å². The van der Waals surface area contributed by atoms with E-state index >= 15 is 0 Å². The Hall–Kier alpha value is -2.41. The molecule has 1 aliphatic rings. The zero-order chi connectivity index (χ0) is 18.3. The summed E-state index contributed by atoms with van der Waals surface area (Å²) in [6.45, 7) is 9.37. The highest BCUT2D eigenvalue weighted by Gasteiger charge is 2.27. The molecule has 0 spiro atoms. The smallest absolute Gasteiger partial charge is 0.265 e. The number of para-hydroxylation sites is 1. The van der Waals surface area contributed by atoms with Gasteiger partial charge in [-0.1, -0.05) is 43.4 Å². The number of nitrogens with zero attached hydrogens (tertiary/aromatic N) is 5. The Bertz CT molecular complexity index is 922. The Kier molecular flexibility index (Phi) is 4.40. The van der Waals surface area contributed by atoms with Crippen molar-refractivity contribution in [3.63, 3.8) is 0 Å². The van der Waals surface area contributed by atoms with Crippen molar-refractivity contribution in [1.82, 2.24) is 19.5 Å². The lowest BCUT2D eigenvalue weighted by Gasteiger charge is -2.36. The number of piperazine rings is 1. The van der Waals surface area contributed by atoms with Gasteiger partial charge in [-0.2, -0.15) is 0 Å². The molecule has 6 nitrogen and oxygen atoms in total. The van der Waals surface area contributed by atoms with Gasteiger partial charge in [0, 0.05) is 43.5 Å². The van der Waals surface area contributed by atoms with Crippen molar-refractivity contribution in [2.75, 3.05) is 31.1 Å². The molecule has 0 atom stereocenters. The summed E-state index contributed by atoms with van der Waals surface area (Å²) < 4.78 is 2.03. The first-order valence-corrected chi connectivity index (χ1v) is 9.81. The highest BCUT2D eigenvalue weighted by molar-refractivity contribution is 7.19. The number of thiazole rings is 1. The van der Waals surface area contributed by atoms with Crippen LogP contribution < -0.4 is 4.90 Å². The average molecular weight is 369 g/mol. The topological polar surface area (TPSA) is 53.7 Å². The SMILES string of the molecule is Cc1c(C(=O)N2CCN(c3ccccc3)CC2)sc2nnc(C(C)C)n12. The molecule has 1 amide bonds. The lowest BCUT2D eigenvalue weighted by Crippen LogP contribution is -2.48. The summed E-state index contributed by atoms with van der Waals surface area (Å²) in [6, 6.07) is 10.4. The van der Waals surface area contributed by atoms with Crippen molar-refractivity contribution in [2.24, 2.45) is 0 Å². The fourth-order valence-corrected chi connectivity index (χ4v) is 4.49. The number of hydrogen-bond acceptors (Lipinski definition) is 5. The number of rotatable bonds is 3. The number of carbonyl (C=O) groups excluding carboxylic acids is 1. The molecule has 136 valence electrons. The van der Waals surface area contributed by atoms with Crippen molar-refractivity contribution in [3.05, 3.63) is 46.7 Å². The van der Waals surface area contributed by atoms with Crippen LogP contribution in [0.15, 0.2) is 30.3 Å². The Morgan fingerprint density at radius 3 is 2.42 bits per heavy atom. The van der Waals surface area contributed by atoms with E-state index in [-0.39, 0.29) is 11.8 Å². The lowest BCUT2D eigenvalue weighted by atomic mass is 10.2. The maximum absolute atomic E-state index is 13.1. The molecule has 0 unspecified atom stereocenters. The second kappa shape index (κ2) is 6.72. The molecule has 3 aromatic rings. The fourth-order valence-electron chi connectivity index (χ4n) is 3.45. The Morgan fingerprint density at radius 2 is 1.77 bits per heavy atom. The van der Waals surface area contributed by atoms with Gasteiger partial charge in [0.05, 0.1) is 0 Å². The molecule has 1 fully saturated rings. The van der Waals surface area contributed by atoms with Gasteiger partial charge in [-0.25, -0.2) is 0 Å². The number of aromatic nitrogens is 3. The number of anilines is 1. The van der Waals surface area contributed by atoms with Crippen LogP contribution in [-0.4, -0.2) is 51.6 Å². The van der Waals surface area contributed by atoms with Crippen molar-refractivity contribution in [2.45, 2.75) is 26.7 Å². The van der Waals surface area contributed by atoms with Crippen LogP contribution in [0.2, 0.25) is 0 Å². The monoisotopic (exact) mass is 369 g/mol. The quantitative estimate of drug-likeness (QED) is 0.711. The Morgan fingerprint density at radius 1 is 1.08 bits per heavy atom. The predicted octanol–water partition coefficient (Wildman–Crippen LogP) is 3.19. The van der Waals surface area contributed by atoms with E-state index in [9.17, 15) is 4.79 Å². The van der Waals surface area contributed by atoms with E-state index in [1.807, 2.05) is 22.3 Å². The fraction of sp³-hybridized carbons (Fsp3) is 0.421. The maximum atomic E-state index is 13.1. The van der Waals surface area contributed by atoms with Crippen LogP contribution in [0.25, 0.3) is 4.96 Å². The number of carbonyl (C=O) groups is 1. The molecule has 0 aliphatic carbocycles. The van der Waals surface area contributed by atoms with Crippen LogP contribution in [0.1, 0.15) is 41.0 Å². The third-order valence-electron chi connectivity index (χ3n) is 4.91. The predicted molar refractivity (Wildman–Crippen MR) is 104 cm³/mol. The molecule has 26 heavy (non-hydrogen) atoms. The first-order chi connectivity index (χ1) is 12.6. The third-order valence-corrected chi connectivity index (χ3v) is 6.04. The summed E-state index contributed by atoms with van der Waals surface area (Å²) in [7, 11) is 0. The molecule has 0 saturated carbocycles. The number of fused-ring (bicyclic) bond motifs is 1. The third kappa shape index (κ3) is 2.86. The van der Waals surface area contributed by atoms with E-state index in [4.69, 9.17) is 0 Å². The summed E-state index contributed by atoms with van der Waals surface area (Å²) in [6.07, 6.45) is 0. The van der Waals surface area contributed by atoms with Gasteiger partial charge in [0.15, 0.2) is 0 Å². The molecule has 4 rings (SSSR count). The number of aryl methyl sites for hydroxylation is 1. The highest BCUT2D eigenvalue weighted by atomic mass is 32.1. The molecule has 1 aliphatic heterocycles. The van der Waals surface area contributed by atoms with Crippen LogP contribution >= 0.6 is 11.3 Å². The summed E-state index contributed by atoms with van der Waals surface area (Å²) in [5, 5.41) is 8.52. The largest absolute Gasteiger partial charge is 0.368 e. The van der Waals surface area contributed by atoms with Gasteiger partial charge in [0.2, 0.25) is 4.96 Å². The van der Waals surface area contributed by atoms with Gasteiger partial charge in [-0.3, -0.25) is 9.20 Å². The van der Waals surface area contributed by atoms with Crippen molar-refractivity contribution in [1.29, 1.82) is 0 Å². The van der Waals surface area contributed by atoms with E-state index in [0.717, 1.165) is 47.5 Å². The first-order valence-electron chi connectivity index (χ1n) is 9.00. The van der Waals surface area contributed by atoms with Gasteiger partial charge < -0.3 is 9.80 Å². The zero-order valence-corrected chi connectivity index (χ0v) is 16.2. The van der Waals surface area contributed by atoms with E-state index in [1.165, 1.54) is 17.0 Å². The highest BCUT2D eigenvalue weighted by Crippen LogP contribution is 2.27. The Labute approximate surface area is 157 Å². The number of hydrogen-bond donors (Lipinski definition) is 0. The molecule has 0 radical (unpaired) electrons. The maximum Gasteiger partial charge on any atom is 0.265 e. The van der Waals surface area contributed by atoms with E-state index < -0.39 is 0 Å². The second-order valence-corrected chi connectivity index (χ2v) is 7.94. The minimum atomic E-state index is 0.111. The molecular formula is C19H23N5OS. The van der Waals surface area contributed by atoms with Crippen molar-refractivity contribution >= 4 is 27.9 Å². The molecule has 0 bridgehead atoms. The molecule has 7 heteroatoms. The van der Waals surface area contributed by atoms with E-state index in [0.29, 0.717) is 0 Å². The van der Waals surface area contributed by atoms with Crippen LogP contribution in [0.4, 0.5) is 5.69 Å². The summed E-state index contributed by atoms with van der Waals surface area (Å²) >= 11 is 1.45. The number of benzene rings is 1. The standard InChI is InChI=1S/C19H23N5OS/c1-13(2)17-20-21-19-24(17)14(3)16(26-19)18(25)23-11-9-22(10-12-23)15-7-5-4-6-8-15/h4-8,13H,9-12H2,1-3H3. The molecular weight excluding hydrogens is 346 g/mol. The van der Waals surface area contributed by atoms with Crippen LogP contribution in [0, 0.1) is 6.92 Å². The molecule has 1 saturated heterocycles. The van der Waals surface area contributed by atoms with Crippen LogP contribution in [0.5, 0.6) is 0 Å². The molecule has 0 N–H and O–H groups in total. The lowest BCUT2D eigenvalue weighted by molar-refractivity contribution is 0.0750. The first kappa shape index (κ1) is 17.0. The average Bonchev–Trinajstić information content (AvgIpc) is 3.22. The molecule has 2 aromatic heterocycles. The van der Waals surface area contributed by atoms with Gasteiger partial charge in [-0.05, 0) is 19.1 Å². The van der Waals surface area contributed by atoms with Gasteiger partial charge in [0.25, 0.3) is 5.91 Å². The van der Waals surface area contributed by atoms with Crippen molar-refractivity contribution < 1.29 is 4.79 Å². The summed E-state index contributed by atoms with van der Waals surface area (Å²) in [5.74, 6) is 1.30. The summed E-state index contributed by atoms with van der Waals surface area (Å²) in [4.78, 5) is 18.9.